The third-order valence-electron chi connectivity index (χ3n) is 5.91. The first-order valence-electron chi connectivity index (χ1n) is 10.9. The van der Waals surface area contributed by atoms with Gasteiger partial charge in [0.2, 0.25) is 5.91 Å². The van der Waals surface area contributed by atoms with Crippen LogP contribution in [0.15, 0.2) is 24.3 Å². The summed E-state index contributed by atoms with van der Waals surface area (Å²) in [5, 5.41) is 3.04. The third kappa shape index (κ3) is 5.28. The Kier molecular flexibility index (Phi) is 6.70. The molecule has 3 aliphatic heterocycles. The molecule has 3 heterocycles. The number of nitrogens with one attached hydrogen (secondary N) is 1. The molecule has 0 saturated carbocycles. The zero-order valence-electron chi connectivity index (χ0n) is 17.5. The highest BCUT2D eigenvalue weighted by atomic mass is 16.7. The lowest BCUT2D eigenvalue weighted by Crippen LogP contribution is -2.50. The van der Waals surface area contributed by atoms with Crippen molar-refractivity contribution < 1.29 is 19.0 Å². The van der Waals surface area contributed by atoms with Gasteiger partial charge >= 0.3 is 0 Å². The van der Waals surface area contributed by atoms with Crippen molar-refractivity contribution >= 4 is 17.3 Å². The van der Waals surface area contributed by atoms with E-state index < -0.39 is 0 Å². The summed E-state index contributed by atoms with van der Waals surface area (Å²) in [5.41, 5.74) is 1.99. The number of ether oxygens (including phenoxy) is 3. The van der Waals surface area contributed by atoms with Crippen LogP contribution in [0.25, 0.3) is 0 Å². The number of carbonyl (C=O) groups excluding carboxylic acids is 1. The van der Waals surface area contributed by atoms with E-state index in [4.69, 9.17) is 14.2 Å². The van der Waals surface area contributed by atoms with Gasteiger partial charge in [0.25, 0.3) is 0 Å². The molecule has 3 atom stereocenters. The maximum absolute atomic E-state index is 12.7. The maximum atomic E-state index is 12.7. The Balaban J connectivity index is 1.32. The van der Waals surface area contributed by atoms with Gasteiger partial charge in [0.1, 0.15) is 0 Å². The first-order valence-corrected chi connectivity index (χ1v) is 10.9. The molecule has 4 rings (SSSR count). The molecule has 1 aromatic carbocycles. The lowest BCUT2D eigenvalue weighted by molar-refractivity contribution is -0.127. The predicted octanol–water partition coefficient (Wildman–Crippen LogP) is 2.47. The molecule has 7 heteroatoms. The van der Waals surface area contributed by atoms with Crippen LogP contribution in [0.4, 0.5) is 11.4 Å². The van der Waals surface area contributed by atoms with E-state index in [9.17, 15) is 4.79 Å². The third-order valence-corrected chi connectivity index (χ3v) is 5.91. The summed E-state index contributed by atoms with van der Waals surface area (Å²) in [4.78, 5) is 17.2. The smallest absolute Gasteiger partial charge is 0.238 e. The van der Waals surface area contributed by atoms with Gasteiger partial charge in [-0.2, -0.15) is 0 Å². The molecule has 3 fully saturated rings. The van der Waals surface area contributed by atoms with Gasteiger partial charge in [-0.25, -0.2) is 0 Å². The van der Waals surface area contributed by atoms with Crippen LogP contribution in [0, 0.1) is 0 Å². The molecule has 1 amide bonds. The molecule has 0 bridgehead atoms. The van der Waals surface area contributed by atoms with Crippen molar-refractivity contribution in [3.8, 4) is 0 Å². The van der Waals surface area contributed by atoms with Gasteiger partial charge < -0.3 is 24.4 Å². The highest BCUT2D eigenvalue weighted by Crippen LogP contribution is 2.25. The van der Waals surface area contributed by atoms with Crippen LogP contribution < -0.4 is 10.2 Å². The molecule has 0 radical (unpaired) electrons. The number of benzene rings is 1. The molecule has 7 nitrogen and oxygen atoms in total. The number of morpholine rings is 1. The topological polar surface area (TPSA) is 63.3 Å². The molecule has 3 saturated heterocycles. The Bertz CT molecular complexity index is 667. The van der Waals surface area contributed by atoms with Gasteiger partial charge in [-0.15, -0.1) is 0 Å². The van der Waals surface area contributed by atoms with Crippen LogP contribution >= 0.6 is 0 Å². The lowest BCUT2D eigenvalue weighted by Gasteiger charge is -2.37. The Hall–Kier alpha value is -1.67. The van der Waals surface area contributed by atoms with Crippen molar-refractivity contribution in [2.45, 2.75) is 57.6 Å². The summed E-state index contributed by atoms with van der Waals surface area (Å²) in [6.45, 7) is 8.55. The summed E-state index contributed by atoms with van der Waals surface area (Å²) >= 11 is 0. The number of anilines is 2. The number of amides is 1. The Labute approximate surface area is 173 Å². The second kappa shape index (κ2) is 9.43. The normalized spacial score (nSPS) is 29.2. The largest absolute Gasteiger partial charge is 0.372 e. The van der Waals surface area contributed by atoms with Crippen molar-refractivity contribution in [1.29, 1.82) is 0 Å². The van der Waals surface area contributed by atoms with Crippen LogP contribution in [-0.2, 0) is 19.0 Å². The molecular weight excluding hydrogens is 370 g/mol. The molecule has 160 valence electrons. The minimum Gasteiger partial charge on any atom is -0.372 e. The average molecular weight is 404 g/mol. The fraction of sp³-hybridized carbons (Fsp3) is 0.682. The highest BCUT2D eigenvalue weighted by Gasteiger charge is 2.34. The van der Waals surface area contributed by atoms with Crippen LogP contribution in [0.3, 0.4) is 0 Å². The summed E-state index contributed by atoms with van der Waals surface area (Å²) in [7, 11) is 0. The van der Waals surface area contributed by atoms with E-state index >= 15 is 0 Å². The van der Waals surface area contributed by atoms with Crippen molar-refractivity contribution in [2.75, 3.05) is 49.6 Å². The Morgan fingerprint density at radius 1 is 1.07 bits per heavy atom. The maximum Gasteiger partial charge on any atom is 0.238 e. The molecule has 0 aliphatic carbocycles. The predicted molar refractivity (Wildman–Crippen MR) is 112 cm³/mol. The summed E-state index contributed by atoms with van der Waals surface area (Å²) in [6, 6.07) is 8.28. The highest BCUT2D eigenvalue weighted by molar-refractivity contribution is 5.92. The molecular formula is C22H33N3O4. The number of hydrogen-bond donors (Lipinski definition) is 1. The molecule has 0 spiro atoms. The number of piperidine rings is 1. The van der Waals surface area contributed by atoms with Gasteiger partial charge in [-0.1, -0.05) is 6.42 Å². The number of nitrogens with zero attached hydrogens (tertiary/aromatic N) is 2. The fourth-order valence-electron chi connectivity index (χ4n) is 4.65. The van der Waals surface area contributed by atoms with Crippen molar-refractivity contribution in [1.82, 2.24) is 4.90 Å². The lowest BCUT2D eigenvalue weighted by atomic mass is 10.0. The quantitative estimate of drug-likeness (QED) is 0.815. The first kappa shape index (κ1) is 20.6. The number of hydrogen-bond acceptors (Lipinski definition) is 6. The second-order valence-electron chi connectivity index (χ2n) is 8.40. The van der Waals surface area contributed by atoms with Crippen LogP contribution in [-0.4, -0.2) is 74.7 Å². The van der Waals surface area contributed by atoms with Crippen molar-refractivity contribution in [3.63, 3.8) is 0 Å². The molecule has 3 unspecified atom stereocenters. The minimum absolute atomic E-state index is 0.0104. The van der Waals surface area contributed by atoms with Gasteiger partial charge in [0.15, 0.2) is 6.29 Å². The Morgan fingerprint density at radius 3 is 2.45 bits per heavy atom. The molecule has 1 N–H and O–H groups in total. The zero-order valence-corrected chi connectivity index (χ0v) is 17.5. The summed E-state index contributed by atoms with van der Waals surface area (Å²) in [6.07, 6.45) is 3.55. The van der Waals surface area contributed by atoms with Crippen molar-refractivity contribution in [2.24, 2.45) is 0 Å². The summed E-state index contributed by atoms with van der Waals surface area (Å²) < 4.78 is 17.2. The summed E-state index contributed by atoms with van der Waals surface area (Å²) in [5.74, 6) is 0.0104. The van der Waals surface area contributed by atoms with Gasteiger partial charge in [0, 0.05) is 24.5 Å². The number of carbonyl (C=O) groups is 1. The van der Waals surface area contributed by atoms with E-state index in [1.807, 2.05) is 12.1 Å². The molecule has 0 aromatic heterocycles. The van der Waals surface area contributed by atoms with Crippen LogP contribution in [0.1, 0.15) is 33.1 Å². The second-order valence-corrected chi connectivity index (χ2v) is 8.40. The van der Waals surface area contributed by atoms with Gasteiger partial charge in [0.05, 0.1) is 38.0 Å². The van der Waals surface area contributed by atoms with E-state index in [-0.39, 0.29) is 30.4 Å². The molecule has 29 heavy (non-hydrogen) atoms. The van der Waals surface area contributed by atoms with Crippen LogP contribution in [0.5, 0.6) is 0 Å². The average Bonchev–Trinajstić information content (AvgIpc) is 3.23. The standard InChI is InChI=1S/C22H33N3O4/c1-16-13-25(14-17(2)29-16)19-8-6-18(7-9-19)23-21(26)15-24-10-4-3-5-20(24)22-27-11-12-28-22/h6-9,16-17,20,22H,3-5,10-15H2,1-2H3,(H,23,26). The van der Waals surface area contributed by atoms with Gasteiger partial charge in [-0.3, -0.25) is 9.69 Å². The van der Waals surface area contributed by atoms with E-state index in [2.05, 4.69) is 41.1 Å². The molecule has 3 aliphatic rings. The number of rotatable bonds is 5. The van der Waals surface area contributed by atoms with E-state index in [0.29, 0.717) is 19.8 Å². The Morgan fingerprint density at radius 2 is 1.76 bits per heavy atom. The number of likely N-dealkylation sites (tertiary alicyclic amines) is 1. The monoisotopic (exact) mass is 403 g/mol. The van der Waals surface area contributed by atoms with E-state index in [1.165, 1.54) is 0 Å². The van der Waals surface area contributed by atoms with E-state index in [0.717, 1.165) is 50.3 Å². The SMILES string of the molecule is CC1CN(c2ccc(NC(=O)CN3CCCCC3C3OCCO3)cc2)CC(C)O1. The molecule has 1 aromatic rings. The minimum atomic E-state index is -0.194. The van der Waals surface area contributed by atoms with Crippen LogP contribution in [0.2, 0.25) is 0 Å². The van der Waals surface area contributed by atoms with Gasteiger partial charge in [-0.05, 0) is 57.5 Å². The van der Waals surface area contributed by atoms with Crippen molar-refractivity contribution in [3.05, 3.63) is 24.3 Å². The zero-order chi connectivity index (χ0) is 20.2. The van der Waals surface area contributed by atoms with E-state index in [1.54, 1.807) is 0 Å². The fourth-order valence-corrected chi connectivity index (χ4v) is 4.65. The first-order chi connectivity index (χ1) is 14.1.